The normalized spacial score (nSPS) is 27.4. The number of aliphatic hydroxyl groups is 1. The van der Waals surface area contributed by atoms with Gasteiger partial charge in [-0.25, -0.2) is 4.98 Å². The van der Waals surface area contributed by atoms with E-state index in [1.807, 2.05) is 6.07 Å². The molecule has 208 valence electrons. The molecule has 4 rings (SSSR count). The number of rotatable bonds is 9. The third-order valence-electron chi connectivity index (χ3n) is 8.16. The number of ketones is 1. The third kappa shape index (κ3) is 6.71. The Balaban J connectivity index is 1.40. The van der Waals surface area contributed by atoms with E-state index >= 15 is 0 Å². The van der Waals surface area contributed by atoms with E-state index in [0.717, 1.165) is 50.7 Å². The van der Waals surface area contributed by atoms with Crippen molar-refractivity contribution >= 4 is 17.5 Å². The molecule has 0 aromatic carbocycles. The second-order valence-corrected chi connectivity index (χ2v) is 11.3. The lowest BCUT2D eigenvalue weighted by Crippen LogP contribution is -2.56. The molecule has 0 bridgehead atoms. The topological polar surface area (TPSA) is 105 Å². The van der Waals surface area contributed by atoms with E-state index in [4.69, 9.17) is 9.47 Å². The van der Waals surface area contributed by atoms with Crippen LogP contribution >= 0.6 is 0 Å². The van der Waals surface area contributed by atoms with Crippen molar-refractivity contribution in [2.75, 3.05) is 45.4 Å². The van der Waals surface area contributed by atoms with E-state index in [2.05, 4.69) is 35.1 Å². The molecule has 1 aromatic rings. The number of nitrogens with zero attached hydrogens (tertiary/aromatic N) is 3. The summed E-state index contributed by atoms with van der Waals surface area (Å²) in [5.74, 6) is 0.516. The number of anilines is 1. The minimum absolute atomic E-state index is 0.0237. The van der Waals surface area contributed by atoms with E-state index in [-0.39, 0.29) is 36.1 Å². The van der Waals surface area contributed by atoms with Crippen molar-refractivity contribution in [3.05, 3.63) is 22.7 Å². The molecule has 2 heterocycles. The van der Waals surface area contributed by atoms with Crippen LogP contribution in [-0.4, -0.2) is 74.4 Å². The minimum atomic E-state index is -1.07. The van der Waals surface area contributed by atoms with Crippen LogP contribution in [0.15, 0.2) is 12.3 Å². The maximum absolute atomic E-state index is 13.8. The largest absolute Gasteiger partial charge is 0.496 e. The third-order valence-corrected chi connectivity index (χ3v) is 8.16. The lowest BCUT2D eigenvalue weighted by atomic mass is 9.83. The SMILES string of the molecule is COCC1CCC(C#[N+]CC(=O)[C@@H]2CNC[C@H](C(=O)N(c3cc(OC)c(C(C)C)cn3)C3CC3)[C@@H]2O)CC1. The zero-order valence-electron chi connectivity index (χ0n) is 23.2. The standard InChI is InChI=1S/C29H43N4O5/c1-18(2)22-15-32-27(11-26(22)38-4)33(21-9-10-21)29(36)24-14-31-13-23(28(24)35)25(34)16-30-12-19-5-7-20(8-6-19)17-37-3/h11,15,18-21,23-24,28,31,35H,5-10,13-14,16-17H2,1-4H3/q+1/t19?,20?,23-,24-,28+/m0/s1. The Bertz CT molecular complexity index is 1040. The number of carbonyl (C=O) groups is 2. The van der Waals surface area contributed by atoms with Crippen molar-refractivity contribution in [3.8, 4) is 11.8 Å². The number of carbonyl (C=O) groups excluding carboxylic acids is 2. The average molecular weight is 528 g/mol. The lowest BCUT2D eigenvalue weighted by molar-refractivity contribution is -0.134. The number of nitrogens with one attached hydrogen (secondary N) is 1. The highest BCUT2D eigenvalue weighted by molar-refractivity contribution is 5.97. The highest BCUT2D eigenvalue weighted by Gasteiger charge is 2.45. The highest BCUT2D eigenvalue weighted by Crippen LogP contribution is 2.37. The van der Waals surface area contributed by atoms with E-state index in [1.54, 1.807) is 25.3 Å². The van der Waals surface area contributed by atoms with Gasteiger partial charge in [0.2, 0.25) is 11.7 Å². The molecule has 3 atom stereocenters. The minimum Gasteiger partial charge on any atom is -0.496 e. The Morgan fingerprint density at radius 2 is 1.87 bits per heavy atom. The average Bonchev–Trinajstić information content (AvgIpc) is 3.75. The molecule has 0 spiro atoms. The van der Waals surface area contributed by atoms with Crippen molar-refractivity contribution in [1.29, 1.82) is 0 Å². The number of piperidine rings is 1. The van der Waals surface area contributed by atoms with Gasteiger partial charge in [0, 0.05) is 50.7 Å². The molecule has 1 aromatic heterocycles. The van der Waals surface area contributed by atoms with Crippen LogP contribution in [0.1, 0.15) is 63.9 Å². The molecule has 2 aliphatic carbocycles. The maximum Gasteiger partial charge on any atom is 0.321 e. The van der Waals surface area contributed by atoms with Crippen LogP contribution in [-0.2, 0) is 14.3 Å². The van der Waals surface area contributed by atoms with E-state index in [1.165, 1.54) is 0 Å². The number of pyridine rings is 1. The first kappa shape index (κ1) is 28.5. The van der Waals surface area contributed by atoms with Gasteiger partial charge in [-0.05, 0) is 50.4 Å². The number of methoxy groups -OCH3 is 2. The fraction of sp³-hybridized carbons (Fsp3) is 0.724. The molecule has 3 fully saturated rings. The van der Waals surface area contributed by atoms with E-state index in [0.29, 0.717) is 30.6 Å². The van der Waals surface area contributed by atoms with Crippen LogP contribution in [0.5, 0.6) is 5.75 Å². The first-order chi connectivity index (χ1) is 18.3. The second-order valence-electron chi connectivity index (χ2n) is 11.3. The molecule has 1 amide bonds. The second kappa shape index (κ2) is 13.0. The van der Waals surface area contributed by atoms with Crippen LogP contribution < -0.4 is 15.0 Å². The Morgan fingerprint density at radius 3 is 2.50 bits per heavy atom. The van der Waals surface area contributed by atoms with Crippen molar-refractivity contribution < 1.29 is 24.2 Å². The zero-order valence-corrected chi connectivity index (χ0v) is 23.2. The molecule has 0 radical (unpaired) electrons. The van der Waals surface area contributed by atoms with Crippen molar-refractivity contribution in [2.24, 2.45) is 23.7 Å². The van der Waals surface area contributed by atoms with Gasteiger partial charge < -0.3 is 19.9 Å². The predicted molar refractivity (Wildman–Crippen MR) is 146 cm³/mol. The molecule has 9 nitrogen and oxygen atoms in total. The Kier molecular flexibility index (Phi) is 9.74. The summed E-state index contributed by atoms with van der Waals surface area (Å²) in [6, 6.07) is 5.01. The summed E-state index contributed by atoms with van der Waals surface area (Å²) in [7, 11) is 3.35. The van der Waals surface area contributed by atoms with E-state index in [9.17, 15) is 14.7 Å². The molecule has 2 saturated carbocycles. The summed E-state index contributed by atoms with van der Waals surface area (Å²) in [5, 5.41) is 14.4. The molecule has 2 N–H and O–H groups in total. The number of hydrogen-bond donors (Lipinski definition) is 2. The van der Waals surface area contributed by atoms with Crippen molar-refractivity contribution in [2.45, 2.75) is 70.4 Å². The summed E-state index contributed by atoms with van der Waals surface area (Å²) in [6.07, 6.45) is 6.64. The quantitative estimate of drug-likeness (QED) is 0.508. The van der Waals surface area contributed by atoms with E-state index < -0.39 is 17.9 Å². The van der Waals surface area contributed by atoms with Gasteiger partial charge in [0.15, 0.2) is 0 Å². The summed E-state index contributed by atoms with van der Waals surface area (Å²) < 4.78 is 10.8. The van der Waals surface area contributed by atoms with Gasteiger partial charge in [-0.1, -0.05) is 18.7 Å². The zero-order chi connectivity index (χ0) is 27.2. The summed E-state index contributed by atoms with van der Waals surface area (Å²) >= 11 is 0. The Morgan fingerprint density at radius 1 is 1.16 bits per heavy atom. The number of amides is 1. The van der Waals surface area contributed by atoms with Gasteiger partial charge in [-0.2, -0.15) is 0 Å². The molecule has 3 aliphatic rings. The Hall–Kier alpha value is -2.54. The van der Waals surface area contributed by atoms with Gasteiger partial charge in [-0.3, -0.25) is 14.5 Å². The summed E-state index contributed by atoms with van der Waals surface area (Å²) in [6.45, 7) is 5.55. The van der Waals surface area contributed by atoms with Gasteiger partial charge >= 0.3 is 6.54 Å². The van der Waals surface area contributed by atoms with Crippen LogP contribution in [0.4, 0.5) is 5.82 Å². The molecular formula is C29H43N4O5+. The van der Waals surface area contributed by atoms with Crippen LogP contribution in [0.2, 0.25) is 0 Å². The van der Waals surface area contributed by atoms with Gasteiger partial charge in [-0.15, -0.1) is 0 Å². The van der Waals surface area contributed by atoms with Crippen LogP contribution in [0, 0.1) is 29.7 Å². The molecule has 9 heteroatoms. The smallest absolute Gasteiger partial charge is 0.321 e. The fourth-order valence-corrected chi connectivity index (χ4v) is 5.69. The first-order valence-electron chi connectivity index (χ1n) is 14.0. The number of aliphatic hydroxyl groups excluding tert-OH is 1. The molecule has 1 aliphatic heterocycles. The van der Waals surface area contributed by atoms with Gasteiger partial charge in [0.05, 0.1) is 31.0 Å². The first-order valence-corrected chi connectivity index (χ1v) is 14.0. The van der Waals surface area contributed by atoms with Gasteiger partial charge in [0.25, 0.3) is 6.07 Å². The maximum atomic E-state index is 13.8. The van der Waals surface area contributed by atoms with Gasteiger partial charge in [0.1, 0.15) is 11.6 Å². The molecule has 1 saturated heterocycles. The Labute approximate surface area is 226 Å². The van der Waals surface area contributed by atoms with Crippen LogP contribution in [0.25, 0.3) is 4.85 Å². The monoisotopic (exact) mass is 527 g/mol. The number of hydrogen-bond acceptors (Lipinski definition) is 7. The highest BCUT2D eigenvalue weighted by atomic mass is 16.5. The molecular weight excluding hydrogens is 484 g/mol. The summed E-state index contributed by atoms with van der Waals surface area (Å²) in [4.78, 5) is 37.4. The number of ether oxygens (including phenoxy) is 2. The summed E-state index contributed by atoms with van der Waals surface area (Å²) in [5.41, 5.74) is 0.977. The molecule has 0 unspecified atom stereocenters. The number of aromatic nitrogens is 1. The van der Waals surface area contributed by atoms with Crippen LogP contribution in [0.3, 0.4) is 0 Å². The lowest BCUT2D eigenvalue weighted by Gasteiger charge is -2.36. The van der Waals surface area contributed by atoms with Crippen molar-refractivity contribution in [3.63, 3.8) is 0 Å². The fourth-order valence-electron chi connectivity index (χ4n) is 5.69. The predicted octanol–water partition coefficient (Wildman–Crippen LogP) is 3.26. The van der Waals surface area contributed by atoms with Crippen molar-refractivity contribution in [1.82, 2.24) is 10.3 Å². The number of Topliss-reactive ketones (excluding diaryl/α,β-unsaturated/α-hetero) is 1. The molecule has 38 heavy (non-hydrogen) atoms.